The van der Waals surface area contributed by atoms with Crippen molar-refractivity contribution in [3.05, 3.63) is 71.1 Å². The number of halogens is 1. The number of hydrogen-bond acceptors (Lipinski definition) is 4. The van der Waals surface area contributed by atoms with Gasteiger partial charge >= 0.3 is 0 Å². The third kappa shape index (κ3) is 3.80. The van der Waals surface area contributed by atoms with Crippen molar-refractivity contribution >= 4 is 34.3 Å². The number of hydrogen-bond donors (Lipinski definition) is 4. The van der Waals surface area contributed by atoms with Crippen molar-refractivity contribution in [2.24, 2.45) is 0 Å². The smallest absolute Gasteiger partial charge is 0.286 e. The summed E-state index contributed by atoms with van der Waals surface area (Å²) in [6.45, 7) is 0. The fourth-order valence-corrected chi connectivity index (χ4v) is 3.51. The van der Waals surface area contributed by atoms with Crippen LogP contribution in [0.5, 0.6) is 11.5 Å². The third-order valence-electron chi connectivity index (χ3n) is 4.84. The first kappa shape index (κ1) is 20.4. The number of H-pyrrole nitrogens is 2. The van der Waals surface area contributed by atoms with Gasteiger partial charge in [-0.1, -0.05) is 23.7 Å². The molecule has 0 unspecified atom stereocenters. The van der Waals surface area contributed by atoms with E-state index in [4.69, 9.17) is 21.1 Å². The number of fused-ring (bicyclic) bond motifs is 1. The first-order valence-electron chi connectivity index (χ1n) is 9.29. The molecule has 2 amide bonds. The molecule has 9 heteroatoms. The number of aromatic nitrogens is 2. The third-order valence-corrected chi connectivity index (χ3v) is 5.09. The van der Waals surface area contributed by atoms with Crippen molar-refractivity contribution in [2.75, 3.05) is 14.2 Å². The molecule has 0 radical (unpaired) electrons. The highest BCUT2D eigenvalue weighted by atomic mass is 35.5. The van der Waals surface area contributed by atoms with E-state index in [0.717, 1.165) is 11.1 Å². The van der Waals surface area contributed by atoms with E-state index in [-0.39, 0.29) is 5.56 Å². The molecule has 2 aromatic carbocycles. The standard InChI is InChI=1S/C22H19ClN4O4/c1-30-16-10-17(31-2)19(22(29)27-26-21(28)15-4-3-9-24-15)20-18(16)14(11-25-20)12-5-7-13(23)8-6-12/h3-11,24-25H,1-2H3,(H,26,28)(H,27,29). The Bertz CT molecular complexity index is 1250. The normalized spacial score (nSPS) is 10.7. The number of nitrogens with one attached hydrogen (secondary N) is 4. The highest BCUT2D eigenvalue weighted by molar-refractivity contribution is 6.30. The molecule has 0 spiro atoms. The predicted molar refractivity (Wildman–Crippen MR) is 118 cm³/mol. The van der Waals surface area contributed by atoms with Crippen LogP contribution < -0.4 is 20.3 Å². The van der Waals surface area contributed by atoms with Gasteiger partial charge in [-0.05, 0) is 29.8 Å². The number of benzene rings is 2. The fourth-order valence-electron chi connectivity index (χ4n) is 3.38. The number of hydrazine groups is 1. The Balaban J connectivity index is 1.76. The lowest BCUT2D eigenvalue weighted by Gasteiger charge is -2.14. The van der Waals surface area contributed by atoms with Gasteiger partial charge in [0.2, 0.25) is 0 Å². The summed E-state index contributed by atoms with van der Waals surface area (Å²) in [4.78, 5) is 31.1. The zero-order valence-electron chi connectivity index (χ0n) is 16.7. The van der Waals surface area contributed by atoms with Gasteiger partial charge in [0, 0.05) is 29.0 Å². The van der Waals surface area contributed by atoms with Crippen LogP contribution in [0.4, 0.5) is 0 Å². The first-order valence-corrected chi connectivity index (χ1v) is 9.67. The maximum Gasteiger partial charge on any atom is 0.286 e. The monoisotopic (exact) mass is 438 g/mol. The minimum Gasteiger partial charge on any atom is -0.496 e. The van der Waals surface area contributed by atoms with Crippen LogP contribution in [0.1, 0.15) is 20.8 Å². The minimum atomic E-state index is -0.547. The Morgan fingerprint density at radius 2 is 1.65 bits per heavy atom. The van der Waals surface area contributed by atoms with Crippen molar-refractivity contribution in [1.29, 1.82) is 0 Å². The Morgan fingerprint density at radius 1 is 0.935 bits per heavy atom. The summed E-state index contributed by atoms with van der Waals surface area (Å²) in [5.74, 6) is -0.199. The van der Waals surface area contributed by atoms with Crippen molar-refractivity contribution in [2.45, 2.75) is 0 Å². The summed E-state index contributed by atoms with van der Waals surface area (Å²) in [5, 5.41) is 1.32. The average molecular weight is 439 g/mol. The molecule has 0 bridgehead atoms. The predicted octanol–water partition coefficient (Wildman–Crippen LogP) is 3.91. The first-order chi connectivity index (χ1) is 15.0. The van der Waals surface area contributed by atoms with Gasteiger partial charge in [-0.2, -0.15) is 0 Å². The van der Waals surface area contributed by atoms with Gasteiger partial charge in [-0.25, -0.2) is 0 Å². The van der Waals surface area contributed by atoms with E-state index >= 15 is 0 Å². The van der Waals surface area contributed by atoms with Gasteiger partial charge in [0.05, 0.1) is 25.1 Å². The van der Waals surface area contributed by atoms with Gasteiger partial charge < -0.3 is 19.4 Å². The van der Waals surface area contributed by atoms with Crippen LogP contribution in [0.15, 0.2) is 54.9 Å². The number of aromatic amines is 2. The number of carbonyl (C=O) groups excluding carboxylic acids is 2. The number of ether oxygens (including phenoxy) is 2. The second-order valence-corrected chi connectivity index (χ2v) is 7.04. The minimum absolute atomic E-state index is 0.227. The summed E-state index contributed by atoms with van der Waals surface area (Å²) in [6, 6.07) is 12.2. The van der Waals surface area contributed by atoms with Gasteiger partial charge in [0.15, 0.2) is 0 Å². The highest BCUT2D eigenvalue weighted by Crippen LogP contribution is 2.41. The lowest BCUT2D eigenvalue weighted by Crippen LogP contribution is -2.42. The number of rotatable bonds is 5. The molecular formula is C22H19ClN4O4. The van der Waals surface area contributed by atoms with Gasteiger partial charge in [0.25, 0.3) is 11.8 Å². The molecule has 158 valence electrons. The van der Waals surface area contributed by atoms with Crippen LogP contribution in [0.25, 0.3) is 22.0 Å². The molecule has 8 nitrogen and oxygen atoms in total. The molecule has 2 aromatic heterocycles. The summed E-state index contributed by atoms with van der Waals surface area (Å²) < 4.78 is 11.0. The van der Waals surface area contributed by atoms with Gasteiger partial charge in [-0.15, -0.1) is 0 Å². The molecule has 0 atom stereocenters. The SMILES string of the molecule is COc1cc(OC)c2c(-c3ccc(Cl)cc3)c[nH]c2c1C(=O)NNC(=O)c1ccc[nH]1. The number of methoxy groups -OCH3 is 2. The van der Waals surface area contributed by atoms with E-state index in [1.807, 2.05) is 12.1 Å². The molecule has 2 heterocycles. The van der Waals surface area contributed by atoms with Crippen LogP contribution >= 0.6 is 11.6 Å². The molecule has 0 aliphatic rings. The van der Waals surface area contributed by atoms with Crippen LogP contribution in [0.3, 0.4) is 0 Å². The highest BCUT2D eigenvalue weighted by Gasteiger charge is 2.24. The van der Waals surface area contributed by atoms with Crippen molar-refractivity contribution in [3.63, 3.8) is 0 Å². The van der Waals surface area contributed by atoms with Crippen LogP contribution in [0.2, 0.25) is 5.02 Å². The summed E-state index contributed by atoms with van der Waals surface area (Å²) in [6.07, 6.45) is 3.40. The molecule has 4 N–H and O–H groups in total. The van der Waals surface area contributed by atoms with E-state index in [1.165, 1.54) is 7.11 Å². The van der Waals surface area contributed by atoms with E-state index in [9.17, 15) is 9.59 Å². The van der Waals surface area contributed by atoms with E-state index in [0.29, 0.717) is 33.1 Å². The van der Waals surface area contributed by atoms with Crippen molar-refractivity contribution < 1.29 is 19.1 Å². The number of carbonyl (C=O) groups is 2. The number of amides is 2. The lowest BCUT2D eigenvalue weighted by molar-refractivity contribution is 0.0843. The molecule has 0 saturated heterocycles. The van der Waals surface area contributed by atoms with E-state index in [2.05, 4.69) is 20.8 Å². The zero-order valence-corrected chi connectivity index (χ0v) is 17.5. The van der Waals surface area contributed by atoms with Crippen molar-refractivity contribution in [3.8, 4) is 22.6 Å². The van der Waals surface area contributed by atoms with Crippen LogP contribution in [-0.2, 0) is 0 Å². The Labute approximate surface area is 182 Å². The topological polar surface area (TPSA) is 108 Å². The summed E-state index contributed by atoms with van der Waals surface area (Å²) in [7, 11) is 3.00. The van der Waals surface area contributed by atoms with E-state index < -0.39 is 11.8 Å². The Morgan fingerprint density at radius 3 is 2.29 bits per heavy atom. The van der Waals surface area contributed by atoms with Gasteiger partial charge in [-0.3, -0.25) is 20.4 Å². The fraction of sp³-hybridized carbons (Fsp3) is 0.0909. The van der Waals surface area contributed by atoms with Gasteiger partial charge in [0.1, 0.15) is 22.8 Å². The molecule has 4 aromatic rings. The largest absolute Gasteiger partial charge is 0.496 e. The lowest BCUT2D eigenvalue weighted by atomic mass is 10.0. The second-order valence-electron chi connectivity index (χ2n) is 6.61. The molecule has 0 aliphatic heterocycles. The second kappa shape index (κ2) is 8.45. The van der Waals surface area contributed by atoms with Crippen molar-refractivity contribution in [1.82, 2.24) is 20.8 Å². The molecular weight excluding hydrogens is 420 g/mol. The molecule has 4 rings (SSSR count). The summed E-state index contributed by atoms with van der Waals surface area (Å²) >= 11 is 6.01. The molecule has 0 saturated carbocycles. The quantitative estimate of drug-likeness (QED) is 0.354. The Kier molecular flexibility index (Phi) is 5.55. The molecule has 31 heavy (non-hydrogen) atoms. The zero-order chi connectivity index (χ0) is 22.0. The van der Waals surface area contributed by atoms with E-state index in [1.54, 1.807) is 49.8 Å². The molecule has 0 fully saturated rings. The average Bonchev–Trinajstić information content (AvgIpc) is 3.47. The Hall–Kier alpha value is -3.91. The maximum absolute atomic E-state index is 13.0. The molecule has 0 aliphatic carbocycles. The van der Waals surface area contributed by atoms with Crippen LogP contribution in [-0.4, -0.2) is 36.0 Å². The summed E-state index contributed by atoms with van der Waals surface area (Å²) in [5.41, 5.74) is 7.59. The van der Waals surface area contributed by atoms with Crippen LogP contribution in [0, 0.1) is 0 Å². The maximum atomic E-state index is 13.0.